The Morgan fingerprint density at radius 3 is 2.52 bits per heavy atom. The predicted molar refractivity (Wildman–Crippen MR) is 150 cm³/mol. The lowest BCUT2D eigenvalue weighted by Gasteiger charge is -2.41. The number of alkyl halides is 2. The highest BCUT2D eigenvalue weighted by molar-refractivity contribution is 6.32. The molecule has 1 aromatic carbocycles. The molecule has 216 valence electrons. The van der Waals surface area contributed by atoms with Gasteiger partial charge in [0.2, 0.25) is 5.95 Å². The van der Waals surface area contributed by atoms with Gasteiger partial charge in [-0.1, -0.05) is 31.5 Å². The second kappa shape index (κ2) is 11.2. The number of carbonyl (C=O) groups is 1. The lowest BCUT2D eigenvalue weighted by molar-refractivity contribution is -0.131. The number of nitrogens with one attached hydrogen (secondary N) is 1. The van der Waals surface area contributed by atoms with Crippen LogP contribution in [-0.2, 0) is 17.9 Å². The third-order valence-electron chi connectivity index (χ3n) is 7.09. The number of piperidine rings is 1. The molecule has 0 bridgehead atoms. The molecule has 10 nitrogen and oxygen atoms in total. The van der Waals surface area contributed by atoms with Crippen LogP contribution in [0.15, 0.2) is 41.3 Å². The SMILES string of the molecule is CC1CN(c2ncc(Cl)c(Nc3ccc4c(c3)n(CCC(C)(C)O)c(=O)n4C/C=C/C(=O)O)n2)C[C@H](C)C1(F)F. The van der Waals surface area contributed by atoms with E-state index in [0.29, 0.717) is 23.1 Å². The molecule has 2 aromatic heterocycles. The van der Waals surface area contributed by atoms with Crippen LogP contribution < -0.4 is 15.9 Å². The van der Waals surface area contributed by atoms with Crippen LogP contribution in [0.3, 0.4) is 0 Å². The number of rotatable bonds is 9. The Bertz CT molecular complexity index is 1480. The Labute approximate surface area is 234 Å². The summed E-state index contributed by atoms with van der Waals surface area (Å²) < 4.78 is 31.7. The highest BCUT2D eigenvalue weighted by Crippen LogP contribution is 2.39. The first-order valence-corrected chi connectivity index (χ1v) is 13.3. The molecular weight excluding hydrogens is 546 g/mol. The molecule has 1 saturated heterocycles. The molecule has 1 aliphatic rings. The first kappa shape index (κ1) is 29.5. The fourth-order valence-corrected chi connectivity index (χ4v) is 4.94. The van der Waals surface area contributed by atoms with Crippen LogP contribution in [0.1, 0.15) is 34.1 Å². The Balaban J connectivity index is 1.68. The number of allylic oxidation sites excluding steroid dienone is 1. The Morgan fingerprint density at radius 1 is 1.23 bits per heavy atom. The molecule has 3 aromatic rings. The van der Waals surface area contributed by atoms with Crippen molar-refractivity contribution < 1.29 is 23.8 Å². The highest BCUT2D eigenvalue weighted by Gasteiger charge is 2.47. The molecule has 0 amide bonds. The van der Waals surface area contributed by atoms with E-state index in [2.05, 4.69) is 15.3 Å². The number of carboxylic acid groups (broad SMARTS) is 1. The van der Waals surface area contributed by atoms with E-state index in [0.717, 1.165) is 6.08 Å². The van der Waals surface area contributed by atoms with Crippen LogP contribution >= 0.6 is 11.6 Å². The molecular formula is C27H33ClF2N6O4. The zero-order valence-electron chi connectivity index (χ0n) is 22.7. The third-order valence-corrected chi connectivity index (χ3v) is 7.37. The molecule has 0 spiro atoms. The number of halogens is 3. The van der Waals surface area contributed by atoms with Crippen LogP contribution in [0.5, 0.6) is 0 Å². The number of carboxylic acids is 1. The van der Waals surface area contributed by atoms with Gasteiger partial charge in [-0.2, -0.15) is 4.98 Å². The van der Waals surface area contributed by atoms with E-state index in [1.807, 2.05) is 0 Å². The second-order valence-corrected chi connectivity index (χ2v) is 11.3. The molecule has 4 rings (SSSR count). The van der Waals surface area contributed by atoms with Crippen molar-refractivity contribution in [3.8, 4) is 0 Å². The van der Waals surface area contributed by atoms with E-state index >= 15 is 0 Å². The van der Waals surface area contributed by atoms with Crippen LogP contribution in [0.2, 0.25) is 5.02 Å². The summed E-state index contributed by atoms with van der Waals surface area (Å²) in [7, 11) is 0. The van der Waals surface area contributed by atoms with Gasteiger partial charge < -0.3 is 20.4 Å². The molecule has 2 atom stereocenters. The standard InChI is InChI=1S/C27H33ClF2N6O4/c1-16-14-34(15-17(2)27(16,29)30)24-31-13-19(28)23(33-24)32-18-7-8-20-21(12-18)36(11-9-26(3,4)40)25(39)35(20)10-5-6-22(37)38/h5-8,12-13,16-17,40H,9-11,14-15H2,1-4H3,(H,37,38)(H,31,32,33)/b6-5+/t16-,17?/m0/s1. The molecule has 40 heavy (non-hydrogen) atoms. The Kier molecular flexibility index (Phi) is 8.23. The molecule has 3 N–H and O–H groups in total. The number of aliphatic hydroxyl groups is 1. The van der Waals surface area contributed by atoms with E-state index in [-0.39, 0.29) is 48.7 Å². The quantitative estimate of drug-likeness (QED) is 0.317. The van der Waals surface area contributed by atoms with E-state index in [1.165, 1.54) is 35.3 Å². The second-order valence-electron chi connectivity index (χ2n) is 10.9. The van der Waals surface area contributed by atoms with Gasteiger partial charge in [-0.3, -0.25) is 9.13 Å². The molecule has 1 unspecified atom stereocenters. The van der Waals surface area contributed by atoms with E-state index in [1.54, 1.807) is 36.9 Å². The summed E-state index contributed by atoms with van der Waals surface area (Å²) >= 11 is 6.38. The molecule has 1 aliphatic heterocycles. The van der Waals surface area contributed by atoms with Gasteiger partial charge >= 0.3 is 11.7 Å². The lowest BCUT2D eigenvalue weighted by atomic mass is 9.87. The van der Waals surface area contributed by atoms with Crippen molar-refractivity contribution >= 4 is 46.1 Å². The highest BCUT2D eigenvalue weighted by atomic mass is 35.5. The summed E-state index contributed by atoms with van der Waals surface area (Å²) in [6, 6.07) is 5.19. The van der Waals surface area contributed by atoms with Gasteiger partial charge in [0.1, 0.15) is 5.02 Å². The number of hydrogen-bond acceptors (Lipinski definition) is 7. The number of aliphatic carboxylic acids is 1. The van der Waals surface area contributed by atoms with Crippen molar-refractivity contribution in [1.29, 1.82) is 0 Å². The average molecular weight is 579 g/mol. The molecule has 1 fully saturated rings. The van der Waals surface area contributed by atoms with Crippen LogP contribution in [0.25, 0.3) is 11.0 Å². The number of imidazole rings is 1. The molecule has 0 saturated carbocycles. The Hall–Kier alpha value is -3.51. The summed E-state index contributed by atoms with van der Waals surface area (Å²) in [6.45, 7) is 6.80. The van der Waals surface area contributed by atoms with Crippen molar-refractivity contribution in [2.45, 2.75) is 58.7 Å². The topological polar surface area (TPSA) is 126 Å². The van der Waals surface area contributed by atoms with Crippen LogP contribution in [0, 0.1) is 11.8 Å². The first-order valence-electron chi connectivity index (χ1n) is 12.9. The van der Waals surface area contributed by atoms with Gasteiger partial charge in [-0.25, -0.2) is 23.4 Å². The lowest BCUT2D eigenvalue weighted by Crippen LogP contribution is -2.52. The van der Waals surface area contributed by atoms with Crippen molar-refractivity contribution in [3.05, 3.63) is 52.1 Å². The maximum atomic E-state index is 14.4. The summed E-state index contributed by atoms with van der Waals surface area (Å²) in [4.78, 5) is 34.7. The van der Waals surface area contributed by atoms with Crippen LogP contribution in [-0.4, -0.2) is 59.9 Å². The van der Waals surface area contributed by atoms with Gasteiger partial charge in [-0.15, -0.1) is 0 Å². The van der Waals surface area contributed by atoms with Crippen molar-refractivity contribution in [2.75, 3.05) is 23.3 Å². The van der Waals surface area contributed by atoms with Gasteiger partial charge in [-0.05, 0) is 38.5 Å². The zero-order valence-corrected chi connectivity index (χ0v) is 23.5. The third kappa shape index (κ3) is 6.28. The van der Waals surface area contributed by atoms with E-state index in [9.17, 15) is 23.5 Å². The van der Waals surface area contributed by atoms with Gasteiger partial charge in [0, 0.05) is 49.8 Å². The molecule has 13 heteroatoms. The van der Waals surface area contributed by atoms with Crippen molar-refractivity contribution in [2.24, 2.45) is 11.8 Å². The fourth-order valence-electron chi connectivity index (χ4n) is 4.80. The minimum Gasteiger partial charge on any atom is -0.478 e. The van der Waals surface area contributed by atoms with Crippen LogP contribution in [0.4, 0.5) is 26.2 Å². The Morgan fingerprint density at radius 2 is 1.90 bits per heavy atom. The summed E-state index contributed by atoms with van der Waals surface area (Å²) in [5.74, 6) is -5.08. The number of anilines is 3. The van der Waals surface area contributed by atoms with Gasteiger partial charge in [0.15, 0.2) is 5.82 Å². The number of aryl methyl sites for hydroxylation is 1. The molecule has 3 heterocycles. The summed E-state index contributed by atoms with van der Waals surface area (Å²) in [5, 5.41) is 22.5. The van der Waals surface area contributed by atoms with Crippen molar-refractivity contribution in [3.63, 3.8) is 0 Å². The monoisotopic (exact) mass is 578 g/mol. The summed E-state index contributed by atoms with van der Waals surface area (Å²) in [6.07, 6.45) is 4.08. The smallest absolute Gasteiger partial charge is 0.329 e. The minimum atomic E-state index is -2.78. The fraction of sp³-hybridized carbons (Fsp3) is 0.481. The zero-order chi connectivity index (χ0) is 29.4. The number of benzene rings is 1. The van der Waals surface area contributed by atoms with E-state index in [4.69, 9.17) is 16.7 Å². The maximum absolute atomic E-state index is 14.4. The first-order chi connectivity index (χ1) is 18.7. The van der Waals surface area contributed by atoms with E-state index < -0.39 is 29.3 Å². The summed E-state index contributed by atoms with van der Waals surface area (Å²) in [5.41, 5.74) is 0.341. The van der Waals surface area contributed by atoms with Gasteiger partial charge in [0.05, 0.1) is 22.8 Å². The number of nitrogens with zero attached hydrogens (tertiary/aromatic N) is 5. The number of hydrogen-bond donors (Lipinski definition) is 3. The van der Waals surface area contributed by atoms with Gasteiger partial charge in [0.25, 0.3) is 5.92 Å². The van der Waals surface area contributed by atoms with Crippen molar-refractivity contribution in [1.82, 2.24) is 19.1 Å². The number of fused-ring (bicyclic) bond motifs is 1. The number of aromatic nitrogens is 4. The average Bonchev–Trinajstić information content (AvgIpc) is 3.12. The largest absolute Gasteiger partial charge is 0.478 e. The maximum Gasteiger partial charge on any atom is 0.329 e. The molecule has 0 aliphatic carbocycles. The minimum absolute atomic E-state index is 0.0523. The predicted octanol–water partition coefficient (Wildman–Crippen LogP) is 4.52. The normalized spacial score (nSPS) is 19.4. The molecule has 0 radical (unpaired) electrons.